The van der Waals surface area contributed by atoms with Crippen LogP contribution in [0.5, 0.6) is 5.75 Å². The number of nitrogens with one attached hydrogen (secondary N) is 2. The second kappa shape index (κ2) is 18.0. The number of amides is 4. The number of piperidine rings is 2. The Balaban J connectivity index is 0.816. The number of alkyl halides is 3. The largest absolute Gasteiger partial charge is 0.492 e. The molecule has 1 aromatic heterocycles. The molecule has 1 atom stereocenters. The molecule has 5 heterocycles. The van der Waals surface area contributed by atoms with E-state index in [-0.39, 0.29) is 23.1 Å². The minimum absolute atomic E-state index is 0.0692. The molecule has 3 saturated heterocycles. The van der Waals surface area contributed by atoms with Crippen LogP contribution in [0.4, 0.5) is 30.4 Å². The first kappa shape index (κ1) is 43.1. The molecular formula is C45H51F3N8O5. The van der Waals surface area contributed by atoms with Gasteiger partial charge >= 0.3 is 6.18 Å². The van der Waals surface area contributed by atoms with Crippen molar-refractivity contribution in [3.05, 3.63) is 89.6 Å². The van der Waals surface area contributed by atoms with Crippen LogP contribution in [0.15, 0.2) is 67.4 Å². The van der Waals surface area contributed by atoms with Gasteiger partial charge in [-0.2, -0.15) is 18.4 Å². The standard InChI is InChI=1S/C45H51F3N8O5/c1-4-5-6-38(41(58)50-3)56-42(59)35-11-9-32(21-36(35)43(56)60)55-27-44(2,28-55)26-53-17-13-29(14-18-53)25-61-34-10-12-39(51-24-34)52-40(57)30-15-19-54(20-16-30)33-8-7-31(23-49)37(22-33)45(46,47)48/h4,7-12,21-22,24,29-30,38H,1,5-6,13-20,25-28H2,2-3H3,(H,50,58)(H,51,52,57). The predicted octanol–water partition coefficient (Wildman–Crippen LogP) is 6.12. The van der Waals surface area contributed by atoms with E-state index in [1.165, 1.54) is 19.2 Å². The number of fused-ring (bicyclic) bond motifs is 1. The van der Waals surface area contributed by atoms with E-state index in [2.05, 4.69) is 38.9 Å². The molecule has 7 rings (SSSR count). The normalized spacial score (nSPS) is 18.9. The minimum Gasteiger partial charge on any atom is -0.492 e. The van der Waals surface area contributed by atoms with Crippen LogP contribution in [0, 0.1) is 28.6 Å². The van der Waals surface area contributed by atoms with Crippen molar-refractivity contribution < 1.29 is 37.1 Å². The van der Waals surface area contributed by atoms with E-state index in [0.29, 0.717) is 79.7 Å². The van der Waals surface area contributed by atoms with Crippen LogP contribution in [0.1, 0.15) is 77.3 Å². The zero-order valence-electron chi connectivity index (χ0n) is 34.5. The number of pyridine rings is 1. The van der Waals surface area contributed by atoms with Crippen molar-refractivity contribution in [3.8, 4) is 11.8 Å². The Kier molecular flexibility index (Phi) is 12.7. The van der Waals surface area contributed by atoms with E-state index in [1.807, 2.05) is 6.07 Å². The molecule has 4 aliphatic rings. The number of likely N-dealkylation sites (tertiary alicyclic amines) is 1. The molecule has 4 aliphatic heterocycles. The Morgan fingerprint density at radius 1 is 0.984 bits per heavy atom. The molecule has 0 aliphatic carbocycles. The van der Waals surface area contributed by atoms with Gasteiger partial charge in [-0.3, -0.25) is 24.1 Å². The summed E-state index contributed by atoms with van der Waals surface area (Å²) in [6.45, 7) is 11.8. The van der Waals surface area contributed by atoms with Crippen LogP contribution < -0.4 is 25.2 Å². The summed E-state index contributed by atoms with van der Waals surface area (Å²) in [5, 5.41) is 14.5. The van der Waals surface area contributed by atoms with Crippen molar-refractivity contribution in [3.63, 3.8) is 0 Å². The third kappa shape index (κ3) is 9.52. The van der Waals surface area contributed by atoms with E-state index in [9.17, 15) is 32.3 Å². The van der Waals surface area contributed by atoms with Crippen LogP contribution >= 0.6 is 0 Å². The molecule has 0 bridgehead atoms. The summed E-state index contributed by atoms with van der Waals surface area (Å²) in [5.74, 6) is -0.376. The predicted molar refractivity (Wildman–Crippen MR) is 223 cm³/mol. The summed E-state index contributed by atoms with van der Waals surface area (Å²) >= 11 is 0. The van der Waals surface area contributed by atoms with Crippen molar-refractivity contribution in [2.24, 2.45) is 17.3 Å². The first-order chi connectivity index (χ1) is 29.2. The lowest BCUT2D eigenvalue weighted by atomic mass is 9.80. The van der Waals surface area contributed by atoms with Gasteiger partial charge in [-0.15, -0.1) is 6.58 Å². The minimum atomic E-state index is -4.63. The summed E-state index contributed by atoms with van der Waals surface area (Å²) in [6, 6.07) is 13.3. The Labute approximate surface area is 353 Å². The highest BCUT2D eigenvalue weighted by molar-refractivity contribution is 6.23. The summed E-state index contributed by atoms with van der Waals surface area (Å²) < 4.78 is 46.5. The zero-order valence-corrected chi connectivity index (χ0v) is 34.5. The molecule has 61 heavy (non-hydrogen) atoms. The van der Waals surface area contributed by atoms with Gasteiger partial charge in [0.2, 0.25) is 11.8 Å². The number of benzene rings is 2. The number of aromatic nitrogens is 1. The number of rotatable bonds is 14. The van der Waals surface area contributed by atoms with E-state index in [1.54, 1.807) is 47.5 Å². The highest BCUT2D eigenvalue weighted by atomic mass is 19.4. The van der Waals surface area contributed by atoms with Crippen LogP contribution in [0.2, 0.25) is 0 Å². The molecular weight excluding hydrogens is 790 g/mol. The van der Waals surface area contributed by atoms with Gasteiger partial charge in [0.25, 0.3) is 11.8 Å². The summed E-state index contributed by atoms with van der Waals surface area (Å²) in [5.41, 5.74) is 0.605. The maximum atomic E-state index is 13.5. The number of imide groups is 1. The fourth-order valence-electron chi connectivity index (χ4n) is 9.00. The number of halogens is 3. The fourth-order valence-corrected chi connectivity index (χ4v) is 9.00. The molecule has 13 nitrogen and oxygen atoms in total. The number of carbonyl (C=O) groups excluding carboxylic acids is 4. The maximum Gasteiger partial charge on any atom is 0.417 e. The average molecular weight is 841 g/mol. The number of ether oxygens (including phenoxy) is 1. The van der Waals surface area contributed by atoms with E-state index >= 15 is 0 Å². The van der Waals surface area contributed by atoms with E-state index in [0.717, 1.165) is 62.2 Å². The molecule has 0 spiro atoms. The first-order valence-corrected chi connectivity index (χ1v) is 20.8. The second-order valence-electron chi connectivity index (χ2n) is 16.9. The highest BCUT2D eigenvalue weighted by Gasteiger charge is 2.45. The van der Waals surface area contributed by atoms with Crippen molar-refractivity contribution in [1.29, 1.82) is 5.26 Å². The Morgan fingerprint density at radius 2 is 1.67 bits per heavy atom. The molecule has 322 valence electrons. The number of carbonyl (C=O) groups is 4. The molecule has 2 aromatic carbocycles. The van der Waals surface area contributed by atoms with Gasteiger partial charge in [-0.05, 0) is 106 Å². The fraction of sp³-hybridized carbons (Fsp3) is 0.467. The third-order valence-corrected chi connectivity index (χ3v) is 12.4. The highest BCUT2D eigenvalue weighted by Crippen LogP contribution is 2.39. The van der Waals surface area contributed by atoms with E-state index < -0.39 is 35.2 Å². The monoisotopic (exact) mass is 840 g/mol. The van der Waals surface area contributed by atoms with Gasteiger partial charge in [0.05, 0.1) is 41.1 Å². The van der Waals surface area contributed by atoms with Crippen LogP contribution in [0.3, 0.4) is 0 Å². The second-order valence-corrected chi connectivity index (χ2v) is 16.9. The lowest BCUT2D eigenvalue weighted by molar-refractivity contribution is -0.137. The van der Waals surface area contributed by atoms with Gasteiger partial charge in [0.15, 0.2) is 0 Å². The molecule has 4 amide bonds. The number of hydrogen-bond donors (Lipinski definition) is 2. The third-order valence-electron chi connectivity index (χ3n) is 12.4. The summed E-state index contributed by atoms with van der Waals surface area (Å²) in [6.07, 6.45) is 2.36. The number of likely N-dealkylation sites (N-methyl/N-ethyl adjacent to an activating group) is 1. The van der Waals surface area contributed by atoms with Gasteiger partial charge in [-0.25, -0.2) is 4.98 Å². The summed E-state index contributed by atoms with van der Waals surface area (Å²) in [7, 11) is 1.49. The SMILES string of the molecule is C=CCCC(C(=O)NC)N1C(=O)c2ccc(N3CC(C)(CN4CCC(COc5ccc(NC(=O)C6CCN(c7ccc(C#N)c(C(F)(F)F)c7)CC6)nc5)CC4)C3)cc2C1=O. The lowest BCUT2D eigenvalue weighted by Crippen LogP contribution is -2.60. The van der Waals surface area contributed by atoms with Crippen molar-refractivity contribution in [1.82, 2.24) is 20.1 Å². The number of anilines is 3. The average Bonchev–Trinajstić information content (AvgIpc) is 3.50. The number of allylic oxidation sites excluding steroid dienone is 1. The Bertz CT molecular complexity index is 2190. The van der Waals surface area contributed by atoms with Crippen LogP contribution in [0.25, 0.3) is 0 Å². The number of nitrogens with zero attached hydrogens (tertiary/aromatic N) is 6. The molecule has 16 heteroatoms. The molecule has 3 fully saturated rings. The number of nitriles is 1. The Morgan fingerprint density at radius 3 is 2.31 bits per heavy atom. The molecule has 1 unspecified atom stereocenters. The maximum absolute atomic E-state index is 13.5. The zero-order chi connectivity index (χ0) is 43.5. The van der Waals surface area contributed by atoms with Crippen molar-refractivity contribution in [2.45, 2.75) is 57.7 Å². The first-order valence-electron chi connectivity index (χ1n) is 20.8. The van der Waals surface area contributed by atoms with Crippen LogP contribution in [-0.4, -0.2) is 104 Å². The quantitative estimate of drug-likeness (QED) is 0.144. The smallest absolute Gasteiger partial charge is 0.417 e. The molecule has 2 N–H and O–H groups in total. The van der Waals surface area contributed by atoms with Gasteiger partial charge in [-0.1, -0.05) is 13.0 Å². The molecule has 3 aromatic rings. The lowest BCUT2D eigenvalue weighted by Gasteiger charge is -2.52. The van der Waals surface area contributed by atoms with E-state index in [4.69, 9.17) is 10.00 Å². The topological polar surface area (TPSA) is 151 Å². The van der Waals surface area contributed by atoms with Crippen molar-refractivity contribution in [2.75, 3.05) is 74.6 Å². The Hall–Kier alpha value is -5.95. The van der Waals surface area contributed by atoms with Gasteiger partial charge in [0, 0.05) is 62.5 Å². The van der Waals surface area contributed by atoms with Crippen LogP contribution in [-0.2, 0) is 15.8 Å². The molecule has 0 radical (unpaired) electrons. The molecule has 0 saturated carbocycles. The number of hydrogen-bond acceptors (Lipinski definition) is 10. The van der Waals surface area contributed by atoms with Gasteiger partial charge < -0.3 is 30.1 Å². The van der Waals surface area contributed by atoms with Crippen molar-refractivity contribution >= 4 is 40.8 Å². The summed E-state index contributed by atoms with van der Waals surface area (Å²) in [4.78, 5) is 64.3. The van der Waals surface area contributed by atoms with Gasteiger partial charge in [0.1, 0.15) is 17.6 Å².